The second-order valence-electron chi connectivity index (χ2n) is 4.04. The van der Waals surface area contributed by atoms with Crippen LogP contribution >= 0.6 is 0 Å². The molecule has 0 radical (unpaired) electrons. The molecule has 1 heterocycles. The lowest BCUT2D eigenvalue weighted by Crippen LogP contribution is -2.46. The second kappa shape index (κ2) is 6.39. The second-order valence-corrected chi connectivity index (χ2v) is 4.04. The summed E-state index contributed by atoms with van der Waals surface area (Å²) in [6, 6.07) is 0.814. The SMILES string of the molecule is CCCN(CCC)C1CCCNC1. The van der Waals surface area contributed by atoms with Gasteiger partial charge in [0.05, 0.1) is 0 Å². The van der Waals surface area contributed by atoms with Crippen LogP contribution in [0.4, 0.5) is 0 Å². The molecule has 0 aliphatic carbocycles. The molecule has 1 aliphatic rings. The van der Waals surface area contributed by atoms with Gasteiger partial charge in [-0.1, -0.05) is 13.8 Å². The van der Waals surface area contributed by atoms with E-state index in [2.05, 4.69) is 24.1 Å². The average Bonchev–Trinajstić information content (AvgIpc) is 2.19. The van der Waals surface area contributed by atoms with E-state index in [0.717, 1.165) is 6.04 Å². The Morgan fingerprint density at radius 3 is 2.38 bits per heavy atom. The van der Waals surface area contributed by atoms with Crippen LogP contribution in [-0.2, 0) is 0 Å². The standard InChI is InChI=1S/C11H24N2/c1-3-8-13(9-4-2)11-6-5-7-12-10-11/h11-12H,3-10H2,1-2H3. The molecular formula is C11H24N2. The van der Waals surface area contributed by atoms with E-state index in [1.807, 2.05) is 0 Å². The lowest BCUT2D eigenvalue weighted by atomic mass is 10.1. The van der Waals surface area contributed by atoms with Crippen molar-refractivity contribution in [1.82, 2.24) is 10.2 Å². The van der Waals surface area contributed by atoms with Crippen LogP contribution in [0, 0.1) is 0 Å². The van der Waals surface area contributed by atoms with Gasteiger partial charge in [-0.2, -0.15) is 0 Å². The van der Waals surface area contributed by atoms with Crippen molar-refractivity contribution >= 4 is 0 Å². The summed E-state index contributed by atoms with van der Waals surface area (Å²) < 4.78 is 0. The highest BCUT2D eigenvalue weighted by Gasteiger charge is 2.18. The fourth-order valence-corrected chi connectivity index (χ4v) is 2.20. The fraction of sp³-hybridized carbons (Fsp3) is 1.00. The lowest BCUT2D eigenvalue weighted by Gasteiger charge is -2.34. The maximum atomic E-state index is 3.49. The number of rotatable bonds is 5. The first kappa shape index (κ1) is 11.0. The third kappa shape index (κ3) is 3.65. The highest BCUT2D eigenvalue weighted by atomic mass is 15.2. The molecule has 13 heavy (non-hydrogen) atoms. The van der Waals surface area contributed by atoms with Crippen molar-refractivity contribution in [2.75, 3.05) is 26.2 Å². The topological polar surface area (TPSA) is 15.3 Å². The van der Waals surface area contributed by atoms with Gasteiger partial charge in [0.1, 0.15) is 0 Å². The van der Waals surface area contributed by atoms with Gasteiger partial charge in [-0.05, 0) is 45.3 Å². The molecular weight excluding hydrogens is 160 g/mol. The third-order valence-electron chi connectivity index (χ3n) is 2.81. The minimum atomic E-state index is 0.814. The molecule has 78 valence electrons. The number of hydrogen-bond donors (Lipinski definition) is 1. The van der Waals surface area contributed by atoms with E-state index in [9.17, 15) is 0 Å². The summed E-state index contributed by atoms with van der Waals surface area (Å²) in [5, 5.41) is 3.49. The zero-order valence-corrected chi connectivity index (χ0v) is 9.18. The molecule has 1 N–H and O–H groups in total. The van der Waals surface area contributed by atoms with Crippen molar-refractivity contribution < 1.29 is 0 Å². The quantitative estimate of drug-likeness (QED) is 0.701. The number of nitrogens with one attached hydrogen (secondary N) is 1. The number of piperidine rings is 1. The van der Waals surface area contributed by atoms with Crippen LogP contribution in [0.2, 0.25) is 0 Å². The molecule has 0 amide bonds. The molecule has 0 saturated carbocycles. The number of hydrogen-bond acceptors (Lipinski definition) is 2. The largest absolute Gasteiger partial charge is 0.315 e. The molecule has 1 rings (SSSR count). The van der Waals surface area contributed by atoms with Crippen molar-refractivity contribution in [2.45, 2.75) is 45.6 Å². The Bertz CT molecular complexity index is 113. The molecule has 2 heteroatoms. The first-order chi connectivity index (χ1) is 6.38. The van der Waals surface area contributed by atoms with Gasteiger partial charge in [-0.25, -0.2) is 0 Å². The third-order valence-corrected chi connectivity index (χ3v) is 2.81. The molecule has 0 aromatic rings. The Morgan fingerprint density at radius 1 is 1.23 bits per heavy atom. The maximum Gasteiger partial charge on any atom is 0.0221 e. The highest BCUT2D eigenvalue weighted by molar-refractivity contribution is 4.77. The van der Waals surface area contributed by atoms with Gasteiger partial charge in [-0.3, -0.25) is 4.90 Å². The summed E-state index contributed by atoms with van der Waals surface area (Å²) in [4.78, 5) is 2.66. The molecule has 2 nitrogen and oxygen atoms in total. The maximum absolute atomic E-state index is 3.49. The molecule has 0 bridgehead atoms. The van der Waals surface area contributed by atoms with Crippen molar-refractivity contribution in [1.29, 1.82) is 0 Å². The average molecular weight is 184 g/mol. The van der Waals surface area contributed by atoms with Gasteiger partial charge < -0.3 is 5.32 Å². The van der Waals surface area contributed by atoms with Gasteiger partial charge in [0.25, 0.3) is 0 Å². The van der Waals surface area contributed by atoms with Crippen molar-refractivity contribution in [3.8, 4) is 0 Å². The normalized spacial score (nSPS) is 23.8. The molecule has 1 unspecified atom stereocenters. The fourth-order valence-electron chi connectivity index (χ4n) is 2.20. The summed E-state index contributed by atoms with van der Waals surface area (Å²) in [6.07, 6.45) is 5.33. The van der Waals surface area contributed by atoms with Crippen molar-refractivity contribution in [2.24, 2.45) is 0 Å². The van der Waals surface area contributed by atoms with E-state index in [4.69, 9.17) is 0 Å². The monoisotopic (exact) mass is 184 g/mol. The minimum Gasteiger partial charge on any atom is -0.315 e. The van der Waals surface area contributed by atoms with Gasteiger partial charge in [0.15, 0.2) is 0 Å². The van der Waals surface area contributed by atoms with Crippen molar-refractivity contribution in [3.05, 3.63) is 0 Å². The summed E-state index contributed by atoms with van der Waals surface area (Å²) in [6.45, 7) is 9.54. The molecule has 1 fully saturated rings. The van der Waals surface area contributed by atoms with E-state index in [1.54, 1.807) is 0 Å². The van der Waals surface area contributed by atoms with Crippen LogP contribution < -0.4 is 5.32 Å². The Hall–Kier alpha value is -0.0800. The molecule has 0 aromatic heterocycles. The van der Waals surface area contributed by atoms with Crippen LogP contribution in [0.3, 0.4) is 0 Å². The first-order valence-electron chi connectivity index (χ1n) is 5.83. The molecule has 1 atom stereocenters. The van der Waals surface area contributed by atoms with Gasteiger partial charge in [-0.15, -0.1) is 0 Å². The molecule has 0 spiro atoms. The van der Waals surface area contributed by atoms with E-state index < -0.39 is 0 Å². The number of nitrogens with zero attached hydrogens (tertiary/aromatic N) is 1. The Balaban J connectivity index is 2.32. The Morgan fingerprint density at radius 2 is 1.92 bits per heavy atom. The van der Waals surface area contributed by atoms with Crippen LogP contribution in [0.5, 0.6) is 0 Å². The summed E-state index contributed by atoms with van der Waals surface area (Å²) in [5.41, 5.74) is 0. The molecule has 0 aromatic carbocycles. The smallest absolute Gasteiger partial charge is 0.0221 e. The van der Waals surface area contributed by atoms with Crippen LogP contribution in [-0.4, -0.2) is 37.1 Å². The first-order valence-corrected chi connectivity index (χ1v) is 5.83. The molecule has 1 saturated heterocycles. The predicted molar refractivity (Wildman–Crippen MR) is 58.0 cm³/mol. The van der Waals surface area contributed by atoms with Crippen LogP contribution in [0.25, 0.3) is 0 Å². The van der Waals surface area contributed by atoms with Crippen molar-refractivity contribution in [3.63, 3.8) is 0 Å². The summed E-state index contributed by atoms with van der Waals surface area (Å²) in [7, 11) is 0. The molecule has 1 aliphatic heterocycles. The van der Waals surface area contributed by atoms with Gasteiger partial charge >= 0.3 is 0 Å². The summed E-state index contributed by atoms with van der Waals surface area (Å²) in [5.74, 6) is 0. The van der Waals surface area contributed by atoms with Crippen LogP contribution in [0.1, 0.15) is 39.5 Å². The van der Waals surface area contributed by atoms with Gasteiger partial charge in [0, 0.05) is 12.6 Å². The Labute approximate surface area is 82.7 Å². The van der Waals surface area contributed by atoms with Crippen LogP contribution in [0.15, 0.2) is 0 Å². The summed E-state index contributed by atoms with van der Waals surface area (Å²) >= 11 is 0. The van der Waals surface area contributed by atoms with E-state index in [-0.39, 0.29) is 0 Å². The lowest BCUT2D eigenvalue weighted by molar-refractivity contribution is 0.166. The van der Waals surface area contributed by atoms with Gasteiger partial charge in [0.2, 0.25) is 0 Å². The van der Waals surface area contributed by atoms with E-state index >= 15 is 0 Å². The zero-order valence-electron chi connectivity index (χ0n) is 9.18. The van der Waals surface area contributed by atoms with E-state index in [0.29, 0.717) is 0 Å². The van der Waals surface area contributed by atoms with E-state index in [1.165, 1.54) is 51.9 Å². The highest BCUT2D eigenvalue weighted by Crippen LogP contribution is 2.11. The minimum absolute atomic E-state index is 0.814. The Kier molecular flexibility index (Phi) is 5.40. The predicted octanol–water partition coefficient (Wildman–Crippen LogP) is 1.86. The zero-order chi connectivity index (χ0) is 9.52.